The van der Waals surface area contributed by atoms with Crippen molar-refractivity contribution in [3.8, 4) is 0 Å². The van der Waals surface area contributed by atoms with Crippen LogP contribution in [0, 0.1) is 5.82 Å². The normalized spacial score (nSPS) is 14.6. The zero-order valence-electron chi connectivity index (χ0n) is 12.6. The molecule has 0 unspecified atom stereocenters. The molecule has 0 saturated carbocycles. The molecule has 116 valence electrons. The molecule has 0 aliphatic carbocycles. The molecule has 0 amide bonds. The van der Waals surface area contributed by atoms with Gasteiger partial charge in [-0.05, 0) is 42.5 Å². The van der Waals surface area contributed by atoms with Gasteiger partial charge in [0.25, 0.3) is 0 Å². The summed E-state index contributed by atoms with van der Waals surface area (Å²) in [6, 6.07) is 6.90. The van der Waals surface area contributed by atoms with Crippen LogP contribution in [0.3, 0.4) is 0 Å². The predicted octanol–water partition coefficient (Wildman–Crippen LogP) is 3.56. The highest BCUT2D eigenvalue weighted by Gasteiger charge is 2.17. The van der Waals surface area contributed by atoms with Crippen molar-refractivity contribution in [1.29, 1.82) is 0 Å². The van der Waals surface area contributed by atoms with Crippen LogP contribution in [-0.4, -0.2) is 30.3 Å². The molecule has 1 aliphatic heterocycles. The van der Waals surface area contributed by atoms with E-state index in [0.717, 1.165) is 26.1 Å². The molecule has 1 aromatic carbocycles. The van der Waals surface area contributed by atoms with Crippen LogP contribution in [0.1, 0.15) is 27.7 Å². The molecule has 2 aromatic rings. The highest BCUT2D eigenvalue weighted by molar-refractivity contribution is 7.10. The lowest BCUT2D eigenvalue weighted by Gasteiger charge is -2.27. The second-order valence-electron chi connectivity index (χ2n) is 5.54. The van der Waals surface area contributed by atoms with E-state index >= 15 is 0 Å². The van der Waals surface area contributed by atoms with E-state index < -0.39 is 5.82 Å². The van der Waals surface area contributed by atoms with Crippen molar-refractivity contribution >= 4 is 22.8 Å². The van der Waals surface area contributed by atoms with Gasteiger partial charge in [-0.3, -0.25) is 9.69 Å². The summed E-state index contributed by atoms with van der Waals surface area (Å²) >= 11 is 1.83. The van der Waals surface area contributed by atoms with Crippen LogP contribution in [0.4, 0.5) is 10.1 Å². The van der Waals surface area contributed by atoms with E-state index in [1.54, 1.807) is 12.1 Å². The summed E-state index contributed by atoms with van der Waals surface area (Å²) in [4.78, 5) is 15.4. The Morgan fingerprint density at radius 3 is 3.09 bits per heavy atom. The number of nitrogens with one attached hydrogen (secondary N) is 1. The van der Waals surface area contributed by atoms with Crippen LogP contribution in [0.2, 0.25) is 0 Å². The molecule has 0 spiro atoms. The monoisotopic (exact) mass is 318 g/mol. The molecule has 2 heterocycles. The number of rotatable bonds is 5. The van der Waals surface area contributed by atoms with E-state index in [0.29, 0.717) is 12.2 Å². The Kier molecular flexibility index (Phi) is 4.55. The third-order valence-electron chi connectivity index (χ3n) is 4.00. The third kappa shape index (κ3) is 3.20. The van der Waals surface area contributed by atoms with Gasteiger partial charge in [-0.25, -0.2) is 4.39 Å². The fourth-order valence-corrected chi connectivity index (χ4v) is 3.77. The molecule has 3 nitrogen and oxygen atoms in total. The molecule has 1 aromatic heterocycles. The Bertz CT molecular complexity index is 683. The number of thiophene rings is 1. The summed E-state index contributed by atoms with van der Waals surface area (Å²) in [7, 11) is 0. The van der Waals surface area contributed by atoms with Gasteiger partial charge in [0, 0.05) is 36.7 Å². The number of Topliss-reactive ketones (excluding diaryl/α,β-unsaturated/α-hetero) is 1. The van der Waals surface area contributed by atoms with Crippen LogP contribution >= 0.6 is 11.3 Å². The maximum absolute atomic E-state index is 13.7. The number of carbonyl (C=O) groups excluding carboxylic acids is 1. The van der Waals surface area contributed by atoms with Gasteiger partial charge in [0.05, 0.1) is 5.56 Å². The topological polar surface area (TPSA) is 32.3 Å². The number of nitrogens with zero attached hydrogens (tertiary/aromatic N) is 1. The van der Waals surface area contributed by atoms with Crippen molar-refractivity contribution in [2.45, 2.75) is 19.9 Å². The summed E-state index contributed by atoms with van der Waals surface area (Å²) in [5.41, 5.74) is 2.16. The number of anilines is 1. The first-order chi connectivity index (χ1) is 10.6. The van der Waals surface area contributed by atoms with Gasteiger partial charge in [-0.1, -0.05) is 6.07 Å². The molecule has 0 fully saturated rings. The van der Waals surface area contributed by atoms with Crippen LogP contribution in [0.15, 0.2) is 29.6 Å². The Labute approximate surface area is 133 Å². The molecule has 0 bridgehead atoms. The summed E-state index contributed by atoms with van der Waals surface area (Å²) < 4.78 is 13.7. The average Bonchev–Trinajstić information content (AvgIpc) is 2.94. The third-order valence-corrected chi connectivity index (χ3v) is 5.02. The van der Waals surface area contributed by atoms with Crippen molar-refractivity contribution in [2.24, 2.45) is 0 Å². The van der Waals surface area contributed by atoms with E-state index in [9.17, 15) is 9.18 Å². The fourth-order valence-electron chi connectivity index (χ4n) is 2.88. The molecule has 1 aliphatic rings. The summed E-state index contributed by atoms with van der Waals surface area (Å²) in [6.07, 6.45) is 1.10. The first-order valence-corrected chi connectivity index (χ1v) is 8.34. The van der Waals surface area contributed by atoms with Gasteiger partial charge in [0.15, 0.2) is 5.78 Å². The quantitative estimate of drug-likeness (QED) is 0.856. The van der Waals surface area contributed by atoms with Gasteiger partial charge >= 0.3 is 0 Å². The summed E-state index contributed by atoms with van der Waals surface area (Å²) in [5, 5.41) is 5.35. The minimum Gasteiger partial charge on any atom is -0.383 e. The molecule has 3 rings (SSSR count). The standard InChI is InChI=1S/C17H19FN2OS/c1-12(21)17-14(18)3-2-4-15(17)19-7-9-20-8-5-16-13(11-20)6-10-22-16/h2-4,6,10,19H,5,7-9,11H2,1H3. The predicted molar refractivity (Wildman–Crippen MR) is 88.2 cm³/mol. The van der Waals surface area contributed by atoms with Crippen molar-refractivity contribution in [3.63, 3.8) is 0 Å². The Morgan fingerprint density at radius 2 is 2.27 bits per heavy atom. The van der Waals surface area contributed by atoms with Crippen molar-refractivity contribution in [3.05, 3.63) is 51.5 Å². The second-order valence-corrected chi connectivity index (χ2v) is 6.54. The van der Waals surface area contributed by atoms with Gasteiger partial charge in [0.2, 0.25) is 0 Å². The van der Waals surface area contributed by atoms with Gasteiger partial charge < -0.3 is 5.32 Å². The highest BCUT2D eigenvalue weighted by atomic mass is 32.1. The molecule has 1 N–H and O–H groups in total. The molecule has 0 radical (unpaired) electrons. The Balaban J connectivity index is 1.58. The van der Waals surface area contributed by atoms with Crippen molar-refractivity contribution in [1.82, 2.24) is 4.90 Å². The number of ketones is 1. The number of fused-ring (bicyclic) bond motifs is 1. The van der Waals surface area contributed by atoms with E-state index in [1.807, 2.05) is 11.3 Å². The molecule has 22 heavy (non-hydrogen) atoms. The van der Waals surface area contributed by atoms with E-state index in [4.69, 9.17) is 0 Å². The Hall–Kier alpha value is -1.72. The zero-order chi connectivity index (χ0) is 15.5. The average molecular weight is 318 g/mol. The smallest absolute Gasteiger partial charge is 0.164 e. The molecule has 0 atom stereocenters. The molecule has 0 saturated heterocycles. The number of hydrogen-bond acceptors (Lipinski definition) is 4. The first-order valence-electron chi connectivity index (χ1n) is 7.46. The Morgan fingerprint density at radius 1 is 1.41 bits per heavy atom. The SMILES string of the molecule is CC(=O)c1c(F)cccc1NCCN1CCc2sccc2C1. The van der Waals surface area contributed by atoms with Crippen LogP contribution in [-0.2, 0) is 13.0 Å². The fraction of sp³-hybridized carbons (Fsp3) is 0.353. The van der Waals surface area contributed by atoms with Crippen LogP contribution < -0.4 is 5.32 Å². The molecular weight excluding hydrogens is 299 g/mol. The van der Waals surface area contributed by atoms with Gasteiger partial charge in [-0.2, -0.15) is 0 Å². The summed E-state index contributed by atoms with van der Waals surface area (Å²) in [6.45, 7) is 5.00. The minimum absolute atomic E-state index is 0.154. The first kappa shape index (κ1) is 15.2. The maximum Gasteiger partial charge on any atom is 0.164 e. The number of carbonyl (C=O) groups is 1. The van der Waals surface area contributed by atoms with Crippen molar-refractivity contribution < 1.29 is 9.18 Å². The van der Waals surface area contributed by atoms with Crippen LogP contribution in [0.5, 0.6) is 0 Å². The zero-order valence-corrected chi connectivity index (χ0v) is 13.4. The van der Waals surface area contributed by atoms with Gasteiger partial charge in [0.1, 0.15) is 5.82 Å². The molecule has 5 heteroatoms. The lowest BCUT2D eigenvalue weighted by molar-refractivity contribution is 0.101. The lowest BCUT2D eigenvalue weighted by Crippen LogP contribution is -2.33. The van der Waals surface area contributed by atoms with Crippen molar-refractivity contribution in [2.75, 3.05) is 25.0 Å². The number of benzene rings is 1. The second kappa shape index (κ2) is 6.58. The van der Waals surface area contributed by atoms with E-state index in [-0.39, 0.29) is 11.3 Å². The van der Waals surface area contributed by atoms with E-state index in [1.165, 1.54) is 23.4 Å². The highest BCUT2D eigenvalue weighted by Crippen LogP contribution is 2.24. The van der Waals surface area contributed by atoms with Gasteiger partial charge in [-0.15, -0.1) is 11.3 Å². The lowest BCUT2D eigenvalue weighted by atomic mass is 10.1. The minimum atomic E-state index is -0.460. The number of hydrogen-bond donors (Lipinski definition) is 1. The summed E-state index contributed by atoms with van der Waals surface area (Å²) in [5.74, 6) is -0.708. The maximum atomic E-state index is 13.7. The van der Waals surface area contributed by atoms with E-state index in [2.05, 4.69) is 21.7 Å². The largest absolute Gasteiger partial charge is 0.383 e. The molecular formula is C17H19FN2OS. The number of halogens is 1. The van der Waals surface area contributed by atoms with Crippen LogP contribution in [0.25, 0.3) is 0 Å².